The van der Waals surface area contributed by atoms with Crippen molar-refractivity contribution in [3.63, 3.8) is 0 Å². The average molecular weight is 358 g/mol. The Bertz CT molecular complexity index is 493. The number of ether oxygens (including phenoxy) is 1. The van der Waals surface area contributed by atoms with Crippen LogP contribution >= 0.6 is 0 Å². The van der Waals surface area contributed by atoms with Gasteiger partial charge in [-0.25, -0.2) is 0 Å². The van der Waals surface area contributed by atoms with Crippen LogP contribution in [0.5, 0.6) is 0 Å². The Labute approximate surface area is 135 Å². The van der Waals surface area contributed by atoms with Crippen molar-refractivity contribution in [2.24, 2.45) is 17.8 Å². The van der Waals surface area contributed by atoms with Crippen LogP contribution in [0.2, 0.25) is 0 Å². The van der Waals surface area contributed by atoms with Crippen molar-refractivity contribution in [1.29, 1.82) is 0 Å². The van der Waals surface area contributed by atoms with Gasteiger partial charge in [0.2, 0.25) is 0 Å². The molecule has 0 bridgehead atoms. The molecule has 1 aliphatic carbocycles. The maximum Gasteiger partial charge on any atom is 0.402 e. The predicted molar refractivity (Wildman–Crippen MR) is 78.4 cm³/mol. The summed E-state index contributed by atoms with van der Waals surface area (Å²) in [6, 6.07) is 0. The zero-order valence-electron chi connectivity index (χ0n) is 13.1. The van der Waals surface area contributed by atoms with Crippen LogP contribution in [0.15, 0.2) is 0 Å². The molecule has 136 valence electrons. The summed E-state index contributed by atoms with van der Waals surface area (Å²) in [5, 5.41) is 4.41. The van der Waals surface area contributed by atoms with Gasteiger partial charge in [0.25, 0.3) is 0 Å². The summed E-state index contributed by atoms with van der Waals surface area (Å²) in [6.45, 7) is 0.432. The highest BCUT2D eigenvalue weighted by Crippen LogP contribution is 2.34. The Morgan fingerprint density at radius 2 is 2.04 bits per heavy atom. The van der Waals surface area contributed by atoms with Crippen molar-refractivity contribution in [1.82, 2.24) is 0 Å². The number of alkyl halides is 2. The first-order chi connectivity index (χ1) is 10.6. The van der Waals surface area contributed by atoms with E-state index in [-0.39, 0.29) is 12.5 Å². The van der Waals surface area contributed by atoms with Gasteiger partial charge >= 0.3 is 21.3 Å². The van der Waals surface area contributed by atoms with Crippen molar-refractivity contribution in [3.8, 4) is 0 Å². The highest BCUT2D eigenvalue weighted by molar-refractivity contribution is 7.86. The van der Waals surface area contributed by atoms with Crippen LogP contribution in [-0.2, 0) is 19.6 Å². The molecular formula is C14H24F2O6S. The number of aliphatic hydroxyl groups is 1. The zero-order valence-corrected chi connectivity index (χ0v) is 13.9. The number of esters is 1. The van der Waals surface area contributed by atoms with Crippen LogP contribution in [0.1, 0.15) is 45.4 Å². The molecule has 0 aromatic rings. The predicted octanol–water partition coefficient (Wildman–Crippen LogP) is 2.23. The van der Waals surface area contributed by atoms with E-state index in [1.54, 1.807) is 0 Å². The van der Waals surface area contributed by atoms with Gasteiger partial charge in [-0.3, -0.25) is 9.35 Å². The molecular weight excluding hydrogens is 334 g/mol. The number of hydrogen-bond donors (Lipinski definition) is 2. The molecule has 1 aliphatic rings. The number of aliphatic hydroxyl groups excluding tert-OH is 1. The molecule has 0 amide bonds. The summed E-state index contributed by atoms with van der Waals surface area (Å²) in [6.07, 6.45) is 4.23. The zero-order chi connectivity index (χ0) is 17.7. The van der Waals surface area contributed by atoms with Gasteiger partial charge in [-0.1, -0.05) is 19.8 Å². The highest BCUT2D eigenvalue weighted by Gasteiger charge is 2.46. The van der Waals surface area contributed by atoms with Crippen molar-refractivity contribution in [2.45, 2.75) is 50.7 Å². The molecule has 2 N–H and O–H groups in total. The molecule has 0 aromatic carbocycles. The summed E-state index contributed by atoms with van der Waals surface area (Å²) in [7, 11) is -5.60. The second-order valence-corrected chi connectivity index (χ2v) is 7.85. The first-order valence-corrected chi connectivity index (χ1v) is 9.13. The molecule has 0 saturated heterocycles. The van der Waals surface area contributed by atoms with Gasteiger partial charge < -0.3 is 9.84 Å². The topological polar surface area (TPSA) is 101 Å². The van der Waals surface area contributed by atoms with Crippen LogP contribution < -0.4 is 0 Å². The molecule has 0 spiro atoms. The van der Waals surface area contributed by atoms with E-state index in [0.717, 1.165) is 19.3 Å². The van der Waals surface area contributed by atoms with Crippen LogP contribution in [0.4, 0.5) is 8.78 Å². The molecule has 23 heavy (non-hydrogen) atoms. The third-order valence-electron chi connectivity index (χ3n) is 4.23. The summed E-state index contributed by atoms with van der Waals surface area (Å²) in [5.74, 6) is -0.825. The van der Waals surface area contributed by atoms with E-state index >= 15 is 0 Å². The molecule has 3 atom stereocenters. The number of halogens is 2. The Morgan fingerprint density at radius 1 is 1.39 bits per heavy atom. The molecule has 9 heteroatoms. The summed E-state index contributed by atoms with van der Waals surface area (Å²) < 4.78 is 59.8. The number of carbonyl (C=O) groups is 1. The summed E-state index contributed by atoms with van der Waals surface area (Å²) in [4.78, 5) is 11.9. The first-order valence-electron chi connectivity index (χ1n) is 7.69. The first kappa shape index (κ1) is 20.2. The normalized spacial score (nSPS) is 24.2. The van der Waals surface area contributed by atoms with E-state index < -0.39 is 33.9 Å². The van der Waals surface area contributed by atoms with Crippen LogP contribution in [-0.4, -0.2) is 42.5 Å². The summed E-state index contributed by atoms with van der Waals surface area (Å²) >= 11 is 0. The average Bonchev–Trinajstić information content (AvgIpc) is 2.44. The van der Waals surface area contributed by atoms with E-state index in [1.807, 2.05) is 6.92 Å². The van der Waals surface area contributed by atoms with E-state index in [4.69, 9.17) is 9.66 Å². The third kappa shape index (κ3) is 6.31. The van der Waals surface area contributed by atoms with Gasteiger partial charge in [-0.15, -0.1) is 0 Å². The molecule has 1 saturated carbocycles. The fourth-order valence-electron chi connectivity index (χ4n) is 2.97. The smallest absolute Gasteiger partial charge is 0.402 e. The van der Waals surface area contributed by atoms with E-state index in [0.29, 0.717) is 25.2 Å². The fourth-order valence-corrected chi connectivity index (χ4v) is 3.18. The number of carbonyl (C=O) groups excluding carboxylic acids is 1. The molecule has 1 rings (SSSR count). The Balaban J connectivity index is 2.50. The lowest BCUT2D eigenvalue weighted by Gasteiger charge is -2.29. The quantitative estimate of drug-likeness (QED) is 0.510. The maximum atomic E-state index is 13.1. The van der Waals surface area contributed by atoms with Gasteiger partial charge in [0, 0.05) is 6.61 Å². The lowest BCUT2D eigenvalue weighted by molar-refractivity contribution is -0.156. The fraction of sp³-hybridized carbons (Fsp3) is 0.929. The van der Waals surface area contributed by atoms with Gasteiger partial charge in [0.15, 0.2) is 6.61 Å². The Hall–Kier alpha value is -0.800. The van der Waals surface area contributed by atoms with Crippen molar-refractivity contribution in [2.75, 3.05) is 13.2 Å². The molecule has 0 aromatic heterocycles. The van der Waals surface area contributed by atoms with Crippen LogP contribution in [0.3, 0.4) is 0 Å². The standard InChI is InChI=1S/C14H24F2O6S/c1-10(5-6-17)7-11-3-2-4-12(8-11)13(18)22-9-14(15,16)23(19,20)21/h10-12,17H,2-9H2,1H3,(H,19,20,21). The molecule has 0 heterocycles. The lowest BCUT2D eigenvalue weighted by Crippen LogP contribution is -2.36. The summed E-state index contributed by atoms with van der Waals surface area (Å²) in [5.41, 5.74) is 0. The SMILES string of the molecule is CC(CCO)CC1CCCC(C(=O)OCC(F)(F)S(=O)(=O)O)C1. The molecule has 3 unspecified atom stereocenters. The van der Waals surface area contributed by atoms with E-state index in [2.05, 4.69) is 4.74 Å². The monoisotopic (exact) mass is 358 g/mol. The van der Waals surface area contributed by atoms with Gasteiger partial charge in [0.1, 0.15) is 0 Å². The van der Waals surface area contributed by atoms with Crippen molar-refractivity contribution < 1.29 is 36.4 Å². The Kier molecular flexibility index (Phi) is 7.34. The second kappa shape index (κ2) is 8.34. The third-order valence-corrected chi connectivity index (χ3v) is 5.11. The van der Waals surface area contributed by atoms with Crippen LogP contribution in [0.25, 0.3) is 0 Å². The number of hydrogen-bond acceptors (Lipinski definition) is 5. The minimum atomic E-state index is -5.60. The van der Waals surface area contributed by atoms with Crippen molar-refractivity contribution >= 4 is 16.1 Å². The molecule has 6 nitrogen and oxygen atoms in total. The maximum absolute atomic E-state index is 13.1. The van der Waals surface area contributed by atoms with E-state index in [1.165, 1.54) is 0 Å². The molecule has 0 radical (unpaired) electrons. The minimum Gasteiger partial charge on any atom is -0.458 e. The van der Waals surface area contributed by atoms with Crippen LogP contribution in [0, 0.1) is 17.8 Å². The van der Waals surface area contributed by atoms with Gasteiger partial charge in [-0.2, -0.15) is 17.2 Å². The molecule has 1 fully saturated rings. The van der Waals surface area contributed by atoms with Gasteiger partial charge in [-0.05, 0) is 37.5 Å². The lowest BCUT2D eigenvalue weighted by atomic mass is 9.77. The molecule has 0 aliphatic heterocycles. The Morgan fingerprint density at radius 3 is 2.61 bits per heavy atom. The minimum absolute atomic E-state index is 0.101. The van der Waals surface area contributed by atoms with E-state index in [9.17, 15) is 22.0 Å². The number of rotatable bonds is 8. The van der Waals surface area contributed by atoms with Crippen molar-refractivity contribution in [3.05, 3.63) is 0 Å². The van der Waals surface area contributed by atoms with Gasteiger partial charge in [0.05, 0.1) is 5.92 Å². The highest BCUT2D eigenvalue weighted by atomic mass is 32.2. The second-order valence-electron chi connectivity index (χ2n) is 6.30. The largest absolute Gasteiger partial charge is 0.458 e.